The van der Waals surface area contributed by atoms with Crippen LogP contribution in [0.25, 0.3) is 27.8 Å². The van der Waals surface area contributed by atoms with Crippen molar-refractivity contribution in [3.63, 3.8) is 0 Å². The molecule has 0 spiro atoms. The summed E-state index contributed by atoms with van der Waals surface area (Å²) >= 11 is -1.21. The fraction of sp³-hybridized carbons (Fsp3) is 0.146. The first-order valence-electron chi connectivity index (χ1n) is 15.3. The Morgan fingerprint density at radius 2 is 1.32 bits per heavy atom. The van der Waals surface area contributed by atoms with Crippen LogP contribution >= 0.6 is 0 Å². The number of benzene rings is 5. The molecule has 0 amide bonds. The zero-order valence-corrected chi connectivity index (χ0v) is 29.1. The fourth-order valence-corrected chi connectivity index (χ4v) is 11.2. The Morgan fingerprint density at radius 3 is 1.89 bits per heavy atom. The van der Waals surface area contributed by atoms with Gasteiger partial charge in [0.1, 0.15) is 0 Å². The van der Waals surface area contributed by atoms with Gasteiger partial charge in [-0.3, -0.25) is 0 Å². The van der Waals surface area contributed by atoms with Crippen molar-refractivity contribution in [1.29, 1.82) is 0 Å². The Kier molecular flexibility index (Phi) is 10.5. The van der Waals surface area contributed by atoms with Crippen LogP contribution in [0.5, 0.6) is 0 Å². The normalized spacial score (nSPS) is 14.0. The third-order valence-electron chi connectivity index (χ3n) is 8.83. The molecular formula is C41H35Cl2Zr. The Morgan fingerprint density at radius 1 is 0.682 bits per heavy atom. The predicted octanol–water partition coefficient (Wildman–Crippen LogP) is 4.25. The quantitative estimate of drug-likeness (QED) is 0.240. The molecule has 7 rings (SSSR count). The van der Waals surface area contributed by atoms with Crippen molar-refractivity contribution in [1.82, 2.24) is 0 Å². The number of aryl methyl sites for hydroxylation is 1. The van der Waals surface area contributed by atoms with Crippen molar-refractivity contribution in [2.45, 2.75) is 36.7 Å². The summed E-state index contributed by atoms with van der Waals surface area (Å²) < 4.78 is 2.03. The van der Waals surface area contributed by atoms with E-state index in [4.69, 9.17) is 0 Å². The van der Waals surface area contributed by atoms with E-state index in [1.165, 1.54) is 55.6 Å². The van der Waals surface area contributed by atoms with E-state index in [0.717, 1.165) is 19.3 Å². The van der Waals surface area contributed by atoms with Gasteiger partial charge in [-0.25, -0.2) is 0 Å². The van der Waals surface area contributed by atoms with E-state index in [9.17, 15) is 0 Å². The van der Waals surface area contributed by atoms with Gasteiger partial charge in [0.25, 0.3) is 0 Å². The molecule has 0 fully saturated rings. The molecule has 2 aliphatic rings. The first-order chi connectivity index (χ1) is 20.8. The van der Waals surface area contributed by atoms with Gasteiger partial charge in [0.15, 0.2) is 0 Å². The van der Waals surface area contributed by atoms with Crippen LogP contribution in [0.15, 0.2) is 133 Å². The summed E-state index contributed by atoms with van der Waals surface area (Å²) in [6.07, 6.45) is 10.1. The number of halogens is 2. The van der Waals surface area contributed by atoms with Gasteiger partial charge in [0, 0.05) is 0 Å². The van der Waals surface area contributed by atoms with Crippen LogP contribution < -0.4 is 24.8 Å². The van der Waals surface area contributed by atoms with Crippen molar-refractivity contribution in [2.24, 2.45) is 0 Å². The molecule has 0 radical (unpaired) electrons. The monoisotopic (exact) mass is 687 g/mol. The number of allylic oxidation sites excluding steroid dienone is 4. The Hall–Kier alpha value is -3.09. The SMILES string of the molecule is CCc1ccc2c(c1)[CH]([Zr+2]=[C](c1ccccc1)c1ccccc1)c1c-2cc(-c2ccccc2)c(CC)c1C1=CC=CC1.[Cl-].[Cl-]. The average Bonchev–Trinajstić information content (AvgIpc) is 3.70. The number of rotatable bonds is 7. The predicted molar refractivity (Wildman–Crippen MR) is 176 cm³/mol. The van der Waals surface area contributed by atoms with Gasteiger partial charge < -0.3 is 24.8 Å². The van der Waals surface area contributed by atoms with E-state index in [0.29, 0.717) is 3.63 Å². The van der Waals surface area contributed by atoms with Crippen molar-refractivity contribution in [2.75, 3.05) is 0 Å². The summed E-state index contributed by atoms with van der Waals surface area (Å²) in [4.78, 5) is 0. The second-order valence-corrected chi connectivity index (χ2v) is 14.6. The molecule has 1 unspecified atom stereocenters. The topological polar surface area (TPSA) is 0 Å². The van der Waals surface area contributed by atoms with Gasteiger partial charge in [0.2, 0.25) is 0 Å². The minimum atomic E-state index is -1.21. The Labute approximate surface area is 285 Å². The van der Waals surface area contributed by atoms with Gasteiger partial charge in [-0.15, -0.1) is 0 Å². The Balaban J connectivity index is 0.00000192. The third-order valence-corrected chi connectivity index (χ3v) is 13.1. The van der Waals surface area contributed by atoms with Gasteiger partial charge >= 0.3 is 263 Å². The summed E-state index contributed by atoms with van der Waals surface area (Å²) in [6, 6.07) is 43.3. The molecule has 0 aliphatic heterocycles. The van der Waals surface area contributed by atoms with Crippen LogP contribution in [0.1, 0.15) is 62.8 Å². The summed E-state index contributed by atoms with van der Waals surface area (Å²) in [5.74, 6) is 0. The van der Waals surface area contributed by atoms with Gasteiger partial charge in [0.05, 0.1) is 0 Å². The zero-order valence-electron chi connectivity index (χ0n) is 25.2. The Bertz CT molecular complexity index is 1810. The maximum absolute atomic E-state index is 2.55. The maximum atomic E-state index is 2.55. The molecule has 0 nitrogen and oxygen atoms in total. The number of fused-ring (bicyclic) bond motifs is 3. The molecule has 5 aromatic rings. The third kappa shape index (κ3) is 5.96. The molecule has 217 valence electrons. The van der Waals surface area contributed by atoms with Crippen LogP contribution in [-0.2, 0) is 35.6 Å². The molecule has 0 N–H and O–H groups in total. The smallest absolute Gasteiger partial charge is 1.00 e. The van der Waals surface area contributed by atoms with Gasteiger partial charge in [-0.1, -0.05) is 0 Å². The second kappa shape index (κ2) is 14.3. The first-order valence-corrected chi connectivity index (χ1v) is 17.9. The first kappa shape index (κ1) is 32.3. The molecule has 0 bridgehead atoms. The van der Waals surface area contributed by atoms with E-state index >= 15 is 0 Å². The molecule has 5 aromatic carbocycles. The van der Waals surface area contributed by atoms with Crippen LogP contribution in [-0.4, -0.2) is 3.21 Å². The van der Waals surface area contributed by atoms with Gasteiger partial charge in [-0.05, 0) is 0 Å². The van der Waals surface area contributed by atoms with Crippen molar-refractivity contribution in [3.05, 3.63) is 172 Å². The zero-order chi connectivity index (χ0) is 28.5. The summed E-state index contributed by atoms with van der Waals surface area (Å²) in [6.45, 7) is 4.63. The maximum Gasteiger partial charge on any atom is -1.00 e. The van der Waals surface area contributed by atoms with Crippen LogP contribution in [0, 0.1) is 0 Å². The number of hydrogen-bond donors (Lipinski definition) is 0. The van der Waals surface area contributed by atoms with Crippen molar-refractivity contribution >= 4 is 8.78 Å². The van der Waals surface area contributed by atoms with E-state index in [2.05, 4.69) is 147 Å². The van der Waals surface area contributed by atoms with Crippen molar-refractivity contribution in [3.8, 4) is 22.3 Å². The van der Waals surface area contributed by atoms with Crippen LogP contribution in [0.3, 0.4) is 0 Å². The standard InChI is InChI=1S/C28H25.C13H10.2ClH.Zr/c1-3-19-14-15-24-22(16-19)17-27-26(24)18-25(20-10-6-5-7-11-20)23(4-2)28(27)21-12-8-9-13-21;1-3-7-12(8-4-1)11-13-9-5-2-6-10-13;;;/h5-12,14-18H,3-4,13H2,1-2H3;1-10H;2*1H;/q;;;;+2/p-2. The fourth-order valence-electron chi connectivity index (χ4n) is 6.81. The van der Waals surface area contributed by atoms with E-state index in [1.807, 2.05) is 0 Å². The molecule has 1 atom stereocenters. The molecule has 44 heavy (non-hydrogen) atoms. The van der Waals surface area contributed by atoms with Crippen LogP contribution in [0.2, 0.25) is 0 Å². The molecular weight excluding hydrogens is 655 g/mol. The van der Waals surface area contributed by atoms with E-state index < -0.39 is 22.8 Å². The van der Waals surface area contributed by atoms with E-state index in [1.54, 1.807) is 14.3 Å². The summed E-state index contributed by atoms with van der Waals surface area (Å²) in [7, 11) is 0. The van der Waals surface area contributed by atoms with Crippen molar-refractivity contribution < 1.29 is 47.6 Å². The largest absolute Gasteiger partial charge is 1.00 e. The molecule has 3 heteroatoms. The molecule has 0 heterocycles. The second-order valence-electron chi connectivity index (χ2n) is 11.2. The minimum Gasteiger partial charge on any atom is -1.00 e. The van der Waals surface area contributed by atoms with Gasteiger partial charge in [-0.2, -0.15) is 0 Å². The molecule has 0 aromatic heterocycles. The summed E-state index contributed by atoms with van der Waals surface area (Å²) in [5, 5.41) is 0. The van der Waals surface area contributed by atoms with E-state index in [-0.39, 0.29) is 24.8 Å². The number of hydrogen-bond acceptors (Lipinski definition) is 0. The van der Waals surface area contributed by atoms with Crippen LogP contribution in [0.4, 0.5) is 0 Å². The summed E-state index contributed by atoms with van der Waals surface area (Å²) in [5.41, 5.74) is 17.5. The molecule has 2 aliphatic carbocycles. The average molecular weight is 690 g/mol. The minimum absolute atomic E-state index is 0. The molecule has 0 saturated carbocycles. The molecule has 0 saturated heterocycles.